The van der Waals surface area contributed by atoms with Crippen molar-refractivity contribution in [2.75, 3.05) is 52.5 Å². The number of ether oxygens (including phenoxy) is 1. The summed E-state index contributed by atoms with van der Waals surface area (Å²) >= 11 is 0. The summed E-state index contributed by atoms with van der Waals surface area (Å²) in [5.74, 6) is 0.913. The van der Waals surface area contributed by atoms with Gasteiger partial charge in [0.15, 0.2) is 0 Å². The maximum absolute atomic E-state index is 8.51. The maximum Gasteiger partial charge on any atom is 0.0698 e. The standard InChI is InChI=1S/C12H26N2O2/c1-12-2-6-14(7-3-12)8-4-13-5-10-16-11-9-15/h12-13,15H,2-11H2,1H3. The molecule has 0 spiro atoms. The fraction of sp³-hybridized carbons (Fsp3) is 1.00. The monoisotopic (exact) mass is 230 g/mol. The molecule has 96 valence electrons. The minimum atomic E-state index is 0.117. The van der Waals surface area contributed by atoms with Crippen LogP contribution in [0.4, 0.5) is 0 Å². The highest BCUT2D eigenvalue weighted by Gasteiger charge is 2.14. The first kappa shape index (κ1) is 13.9. The van der Waals surface area contributed by atoms with Gasteiger partial charge in [-0.15, -0.1) is 0 Å². The van der Waals surface area contributed by atoms with Crippen LogP contribution in [0.2, 0.25) is 0 Å². The SMILES string of the molecule is CC1CCN(CCNCCOCCO)CC1. The molecular weight excluding hydrogens is 204 g/mol. The Kier molecular flexibility index (Phi) is 7.76. The third kappa shape index (κ3) is 6.43. The molecule has 0 aromatic heterocycles. The Morgan fingerprint density at radius 2 is 2.00 bits per heavy atom. The molecule has 4 nitrogen and oxygen atoms in total. The van der Waals surface area contributed by atoms with E-state index in [9.17, 15) is 0 Å². The molecule has 1 rings (SSSR count). The predicted molar refractivity (Wildman–Crippen MR) is 65.6 cm³/mol. The van der Waals surface area contributed by atoms with E-state index in [4.69, 9.17) is 9.84 Å². The Labute approximate surface area is 99.0 Å². The van der Waals surface area contributed by atoms with Crippen LogP contribution < -0.4 is 5.32 Å². The van der Waals surface area contributed by atoms with Crippen molar-refractivity contribution in [3.63, 3.8) is 0 Å². The van der Waals surface area contributed by atoms with E-state index in [1.165, 1.54) is 25.9 Å². The molecule has 0 saturated carbocycles. The van der Waals surface area contributed by atoms with Gasteiger partial charge in [-0.1, -0.05) is 6.92 Å². The summed E-state index contributed by atoms with van der Waals surface area (Å²) in [7, 11) is 0. The van der Waals surface area contributed by atoms with Gasteiger partial charge in [-0.2, -0.15) is 0 Å². The quantitative estimate of drug-likeness (QED) is 0.589. The second-order valence-corrected chi connectivity index (χ2v) is 4.61. The van der Waals surface area contributed by atoms with E-state index >= 15 is 0 Å². The fourth-order valence-electron chi connectivity index (χ4n) is 1.96. The van der Waals surface area contributed by atoms with E-state index in [1.54, 1.807) is 0 Å². The first-order valence-corrected chi connectivity index (χ1v) is 6.44. The molecule has 1 saturated heterocycles. The number of nitrogens with one attached hydrogen (secondary N) is 1. The van der Waals surface area contributed by atoms with Gasteiger partial charge < -0.3 is 20.1 Å². The van der Waals surface area contributed by atoms with Crippen LogP contribution in [0.15, 0.2) is 0 Å². The molecule has 2 N–H and O–H groups in total. The Morgan fingerprint density at radius 3 is 2.69 bits per heavy atom. The zero-order chi connectivity index (χ0) is 11.6. The van der Waals surface area contributed by atoms with Crippen LogP contribution in [0.5, 0.6) is 0 Å². The molecule has 0 aromatic rings. The van der Waals surface area contributed by atoms with Gasteiger partial charge in [0, 0.05) is 19.6 Å². The van der Waals surface area contributed by atoms with Crippen molar-refractivity contribution in [1.82, 2.24) is 10.2 Å². The lowest BCUT2D eigenvalue weighted by molar-refractivity contribution is 0.0933. The van der Waals surface area contributed by atoms with Crippen molar-refractivity contribution >= 4 is 0 Å². The smallest absolute Gasteiger partial charge is 0.0698 e. The van der Waals surface area contributed by atoms with Gasteiger partial charge in [0.1, 0.15) is 0 Å². The average Bonchev–Trinajstić information content (AvgIpc) is 2.30. The highest BCUT2D eigenvalue weighted by Crippen LogP contribution is 2.14. The number of aliphatic hydroxyl groups is 1. The molecular formula is C12H26N2O2. The number of likely N-dealkylation sites (tertiary alicyclic amines) is 1. The number of hydrogen-bond acceptors (Lipinski definition) is 4. The molecule has 1 aliphatic heterocycles. The summed E-state index contributed by atoms with van der Waals surface area (Å²) < 4.78 is 5.16. The molecule has 0 unspecified atom stereocenters. The molecule has 4 heteroatoms. The third-order valence-corrected chi connectivity index (χ3v) is 3.14. The summed E-state index contributed by atoms with van der Waals surface area (Å²) in [4.78, 5) is 2.53. The topological polar surface area (TPSA) is 44.7 Å². The highest BCUT2D eigenvalue weighted by molar-refractivity contribution is 4.69. The largest absolute Gasteiger partial charge is 0.394 e. The van der Waals surface area contributed by atoms with E-state index in [2.05, 4.69) is 17.1 Å². The van der Waals surface area contributed by atoms with Crippen LogP contribution in [0.3, 0.4) is 0 Å². The van der Waals surface area contributed by atoms with Crippen LogP contribution in [0, 0.1) is 5.92 Å². The minimum absolute atomic E-state index is 0.117. The molecule has 1 fully saturated rings. The molecule has 0 aliphatic carbocycles. The lowest BCUT2D eigenvalue weighted by Crippen LogP contribution is -2.38. The molecule has 1 heterocycles. The second kappa shape index (κ2) is 8.93. The summed E-state index contributed by atoms with van der Waals surface area (Å²) in [6, 6.07) is 0. The van der Waals surface area contributed by atoms with Crippen molar-refractivity contribution < 1.29 is 9.84 Å². The van der Waals surface area contributed by atoms with Gasteiger partial charge in [0.05, 0.1) is 19.8 Å². The minimum Gasteiger partial charge on any atom is -0.394 e. The van der Waals surface area contributed by atoms with Crippen molar-refractivity contribution in [3.05, 3.63) is 0 Å². The van der Waals surface area contributed by atoms with Crippen LogP contribution in [-0.2, 0) is 4.74 Å². The Bertz CT molecular complexity index is 159. The normalized spacial score (nSPS) is 19.1. The van der Waals surface area contributed by atoms with Gasteiger partial charge in [-0.05, 0) is 31.8 Å². The molecule has 16 heavy (non-hydrogen) atoms. The van der Waals surface area contributed by atoms with Crippen molar-refractivity contribution in [2.24, 2.45) is 5.92 Å². The van der Waals surface area contributed by atoms with E-state index in [0.29, 0.717) is 13.2 Å². The molecule has 0 atom stereocenters. The van der Waals surface area contributed by atoms with E-state index in [0.717, 1.165) is 25.6 Å². The van der Waals surface area contributed by atoms with Gasteiger partial charge in [-0.3, -0.25) is 0 Å². The zero-order valence-electron chi connectivity index (χ0n) is 10.5. The molecule has 1 aliphatic rings. The third-order valence-electron chi connectivity index (χ3n) is 3.14. The number of rotatable bonds is 8. The van der Waals surface area contributed by atoms with E-state index in [-0.39, 0.29) is 6.61 Å². The summed E-state index contributed by atoms with van der Waals surface area (Å²) in [6.45, 7) is 9.17. The van der Waals surface area contributed by atoms with Crippen LogP contribution in [-0.4, -0.2) is 62.6 Å². The van der Waals surface area contributed by atoms with Crippen LogP contribution >= 0.6 is 0 Å². The fourth-order valence-corrected chi connectivity index (χ4v) is 1.96. The molecule has 0 aromatic carbocycles. The van der Waals surface area contributed by atoms with E-state index in [1.807, 2.05) is 0 Å². The summed E-state index contributed by atoms with van der Waals surface area (Å²) in [5.41, 5.74) is 0. The van der Waals surface area contributed by atoms with Gasteiger partial charge >= 0.3 is 0 Å². The molecule has 0 amide bonds. The summed E-state index contributed by atoms with van der Waals surface area (Å²) in [5, 5.41) is 11.9. The number of hydrogen-bond donors (Lipinski definition) is 2. The number of aliphatic hydroxyl groups excluding tert-OH is 1. The maximum atomic E-state index is 8.51. The van der Waals surface area contributed by atoms with E-state index < -0.39 is 0 Å². The summed E-state index contributed by atoms with van der Waals surface area (Å²) in [6.07, 6.45) is 2.69. The van der Waals surface area contributed by atoms with Crippen LogP contribution in [0.25, 0.3) is 0 Å². The van der Waals surface area contributed by atoms with Crippen LogP contribution in [0.1, 0.15) is 19.8 Å². The highest BCUT2D eigenvalue weighted by atomic mass is 16.5. The predicted octanol–water partition coefficient (Wildman–Crippen LogP) is 0.317. The van der Waals surface area contributed by atoms with Gasteiger partial charge in [0.2, 0.25) is 0 Å². The Morgan fingerprint density at radius 1 is 1.25 bits per heavy atom. The van der Waals surface area contributed by atoms with Crippen molar-refractivity contribution in [3.8, 4) is 0 Å². The average molecular weight is 230 g/mol. The number of piperidine rings is 1. The Hall–Kier alpha value is -0.160. The molecule has 0 radical (unpaired) electrons. The van der Waals surface area contributed by atoms with Crippen molar-refractivity contribution in [2.45, 2.75) is 19.8 Å². The lowest BCUT2D eigenvalue weighted by Gasteiger charge is -2.30. The zero-order valence-corrected chi connectivity index (χ0v) is 10.5. The lowest BCUT2D eigenvalue weighted by atomic mass is 9.99. The first-order chi connectivity index (χ1) is 7.83. The Balaban J connectivity index is 1.84. The van der Waals surface area contributed by atoms with Gasteiger partial charge in [0.25, 0.3) is 0 Å². The number of nitrogens with zero attached hydrogens (tertiary/aromatic N) is 1. The van der Waals surface area contributed by atoms with Gasteiger partial charge in [-0.25, -0.2) is 0 Å². The second-order valence-electron chi connectivity index (χ2n) is 4.61. The molecule has 0 bridgehead atoms. The van der Waals surface area contributed by atoms with Crippen molar-refractivity contribution in [1.29, 1.82) is 0 Å². The first-order valence-electron chi connectivity index (χ1n) is 6.44.